The van der Waals surface area contributed by atoms with Crippen LogP contribution in [-0.4, -0.2) is 14.5 Å². The van der Waals surface area contributed by atoms with E-state index < -0.39 is 15.1 Å². The summed E-state index contributed by atoms with van der Waals surface area (Å²) in [4.78, 5) is 24.2. The molecule has 0 spiro atoms. The predicted molar refractivity (Wildman–Crippen MR) is 89.6 cm³/mol. The molecule has 0 N–H and O–H groups in total. The largest absolute Gasteiger partial charge is 0.295 e. The van der Waals surface area contributed by atoms with E-state index >= 15 is 0 Å². The molecule has 0 aliphatic heterocycles. The number of nitrogens with zero attached hydrogens (tertiary/aromatic N) is 1. The van der Waals surface area contributed by atoms with Crippen LogP contribution in [0.3, 0.4) is 0 Å². The summed E-state index contributed by atoms with van der Waals surface area (Å²) in [5.74, 6) is -0.0914. The maximum absolute atomic E-state index is 12.3. The molecule has 0 unspecified atom stereocenters. The zero-order chi connectivity index (χ0) is 16.4. The molecule has 116 valence electrons. The van der Waals surface area contributed by atoms with E-state index in [1.165, 1.54) is 0 Å². The van der Waals surface area contributed by atoms with E-state index in [2.05, 4.69) is 15.9 Å². The molecule has 0 saturated carbocycles. The van der Waals surface area contributed by atoms with Gasteiger partial charge in [-0.1, -0.05) is 64.5 Å². The van der Waals surface area contributed by atoms with E-state index in [1.54, 1.807) is 24.3 Å². The van der Waals surface area contributed by atoms with Crippen LogP contribution in [0.5, 0.6) is 0 Å². The summed E-state index contributed by atoms with van der Waals surface area (Å²) in [5, 5.41) is 11.6. The lowest BCUT2D eigenvalue weighted by Gasteiger charge is -2.50. The van der Waals surface area contributed by atoms with Crippen molar-refractivity contribution in [1.82, 2.24) is 0 Å². The van der Waals surface area contributed by atoms with Crippen molar-refractivity contribution in [1.29, 1.82) is 0 Å². The molecule has 0 fully saturated rings. The second-order valence-corrected chi connectivity index (χ2v) is 7.67. The van der Waals surface area contributed by atoms with Gasteiger partial charge in [0.1, 0.15) is 0 Å². The summed E-state index contributed by atoms with van der Waals surface area (Å²) in [7, 11) is 0. The van der Waals surface area contributed by atoms with E-state index in [4.69, 9.17) is 11.6 Å². The minimum atomic E-state index is -1.71. The molecule has 0 saturated heterocycles. The van der Waals surface area contributed by atoms with Crippen LogP contribution in [0.15, 0.2) is 48.5 Å². The van der Waals surface area contributed by atoms with Gasteiger partial charge in [-0.2, -0.15) is 0 Å². The third-order valence-electron chi connectivity index (χ3n) is 5.10. The Labute approximate surface area is 145 Å². The predicted octanol–water partition coefficient (Wildman–Crippen LogP) is 3.96. The highest BCUT2D eigenvalue weighted by atomic mass is 79.9. The number of carbonyl (C=O) groups is 1. The zero-order valence-corrected chi connectivity index (χ0v) is 14.2. The molecule has 0 radical (unpaired) electrons. The highest BCUT2D eigenvalue weighted by Gasteiger charge is 2.73. The smallest absolute Gasteiger partial charge is 0.279 e. The second-order valence-electron chi connectivity index (χ2n) is 5.97. The maximum atomic E-state index is 12.3. The molecule has 4 nitrogen and oxygen atoms in total. The Kier molecular flexibility index (Phi) is 3.00. The molecule has 6 heteroatoms. The van der Waals surface area contributed by atoms with Crippen molar-refractivity contribution in [2.75, 3.05) is 0 Å². The molecule has 23 heavy (non-hydrogen) atoms. The Balaban J connectivity index is 2.21. The first-order valence-corrected chi connectivity index (χ1v) is 8.34. The molecule has 2 bridgehead atoms. The van der Waals surface area contributed by atoms with Crippen LogP contribution in [0.25, 0.3) is 0 Å². The number of hydrogen-bond acceptors (Lipinski definition) is 3. The second kappa shape index (κ2) is 4.65. The summed E-state index contributed by atoms with van der Waals surface area (Å²) in [6, 6.07) is 14.5. The van der Waals surface area contributed by atoms with Gasteiger partial charge in [-0.15, -0.1) is 0 Å². The summed E-state index contributed by atoms with van der Waals surface area (Å²) >= 11 is 9.26. The minimum absolute atomic E-state index is 0.0914. The lowest BCUT2D eigenvalue weighted by molar-refractivity contribution is -0.572. The fraction of sp³-hybridized carbons (Fsp3) is 0.235. The van der Waals surface area contributed by atoms with E-state index in [0.717, 1.165) is 11.1 Å². The van der Waals surface area contributed by atoms with Gasteiger partial charge in [-0.05, 0) is 29.1 Å². The van der Waals surface area contributed by atoms with Crippen molar-refractivity contribution in [2.45, 2.75) is 22.2 Å². The van der Waals surface area contributed by atoms with Gasteiger partial charge in [-0.3, -0.25) is 14.9 Å². The van der Waals surface area contributed by atoms with Gasteiger partial charge >= 0.3 is 0 Å². The van der Waals surface area contributed by atoms with Gasteiger partial charge in [0.05, 0.1) is 0 Å². The molecule has 3 aliphatic carbocycles. The first-order valence-electron chi connectivity index (χ1n) is 7.16. The number of hydrogen-bond donors (Lipinski definition) is 0. The van der Waals surface area contributed by atoms with Gasteiger partial charge in [0, 0.05) is 22.0 Å². The van der Waals surface area contributed by atoms with Crippen molar-refractivity contribution < 1.29 is 9.72 Å². The molecule has 3 aliphatic rings. The molecular weight excluding hydrogens is 382 g/mol. The normalized spacial score (nSPS) is 30.4. The molecule has 0 amide bonds. The van der Waals surface area contributed by atoms with Crippen molar-refractivity contribution in [3.05, 3.63) is 80.9 Å². The number of halogens is 2. The van der Waals surface area contributed by atoms with Crippen LogP contribution in [0, 0.1) is 10.1 Å². The van der Waals surface area contributed by atoms with Gasteiger partial charge in [0.15, 0.2) is 4.32 Å². The van der Waals surface area contributed by atoms with Crippen LogP contribution < -0.4 is 0 Å². The van der Waals surface area contributed by atoms with E-state index in [1.807, 2.05) is 24.3 Å². The first-order chi connectivity index (χ1) is 10.9. The van der Waals surface area contributed by atoms with Gasteiger partial charge in [0.25, 0.3) is 5.54 Å². The van der Waals surface area contributed by atoms with Crippen molar-refractivity contribution >= 4 is 32.8 Å². The van der Waals surface area contributed by atoms with Gasteiger partial charge < -0.3 is 0 Å². The third-order valence-corrected chi connectivity index (χ3v) is 6.90. The van der Waals surface area contributed by atoms with Crippen LogP contribution in [0.4, 0.5) is 0 Å². The van der Waals surface area contributed by atoms with Crippen LogP contribution >= 0.6 is 27.5 Å². The standard InChI is InChI=1S/C17H11BrClNO3/c18-16(15(19)21)9-12-10-5-1-3-7-13(10)17(16,20(22)23)14-8-4-2-6-11(12)14/h1-8,12H,9H2/t12?,16-,17?/m0/s1. The van der Waals surface area contributed by atoms with Crippen molar-refractivity contribution in [3.8, 4) is 0 Å². The van der Waals surface area contributed by atoms with Crippen LogP contribution in [0.2, 0.25) is 0 Å². The average Bonchev–Trinajstić information content (AvgIpc) is 2.54. The SMILES string of the molecule is O=C(Cl)[C@@]1(Br)CC2c3ccccc3C1([N+](=O)[O-])c1ccccc12. The summed E-state index contributed by atoms with van der Waals surface area (Å²) < 4.78 is -1.46. The van der Waals surface area contributed by atoms with Gasteiger partial charge in [-0.25, -0.2) is 0 Å². The monoisotopic (exact) mass is 391 g/mol. The molecule has 2 aromatic rings. The van der Waals surface area contributed by atoms with E-state index in [-0.39, 0.29) is 17.3 Å². The highest BCUT2D eigenvalue weighted by molar-refractivity contribution is 9.10. The molecule has 0 heterocycles. The maximum Gasteiger partial charge on any atom is 0.295 e. The summed E-state index contributed by atoms with van der Waals surface area (Å²) in [6.45, 7) is 0. The Morgan fingerprint density at radius 1 is 1.13 bits per heavy atom. The third kappa shape index (κ3) is 1.54. The van der Waals surface area contributed by atoms with Gasteiger partial charge in [0.2, 0.25) is 5.24 Å². The summed E-state index contributed by atoms with van der Waals surface area (Å²) in [5.41, 5.74) is 1.18. The highest BCUT2D eigenvalue weighted by Crippen LogP contribution is 2.64. The molecule has 1 atom stereocenters. The fourth-order valence-corrected chi connectivity index (χ4v) is 5.32. The number of rotatable bonds is 2. The molecule has 0 aromatic heterocycles. The van der Waals surface area contributed by atoms with Crippen molar-refractivity contribution in [3.63, 3.8) is 0 Å². The van der Waals surface area contributed by atoms with Crippen LogP contribution in [0.1, 0.15) is 34.6 Å². The Bertz CT molecular complexity index is 821. The van der Waals surface area contributed by atoms with E-state index in [9.17, 15) is 14.9 Å². The average molecular weight is 393 g/mol. The molecular formula is C17H11BrClNO3. The zero-order valence-electron chi connectivity index (χ0n) is 11.8. The lowest BCUT2D eigenvalue weighted by Crippen LogP contribution is -2.63. The minimum Gasteiger partial charge on any atom is -0.279 e. The lowest BCUT2D eigenvalue weighted by atomic mass is 9.55. The quantitative estimate of drug-likeness (QED) is 0.336. The molecule has 5 rings (SSSR count). The van der Waals surface area contributed by atoms with Crippen LogP contribution in [-0.2, 0) is 10.3 Å². The Morgan fingerprint density at radius 2 is 1.61 bits per heavy atom. The topological polar surface area (TPSA) is 60.2 Å². The Hall–Kier alpha value is -1.72. The number of benzene rings is 2. The Morgan fingerprint density at radius 3 is 2.04 bits per heavy atom. The van der Waals surface area contributed by atoms with E-state index in [0.29, 0.717) is 11.1 Å². The number of carbonyl (C=O) groups excluding carboxylic acids is 1. The first kappa shape index (κ1) is 14.8. The number of alkyl halides is 1. The summed E-state index contributed by atoms with van der Waals surface area (Å²) in [6.07, 6.45) is 0.268. The number of nitro groups is 1. The number of fused-ring (bicyclic) bond motifs is 1. The molecule has 2 aromatic carbocycles. The van der Waals surface area contributed by atoms with Crippen molar-refractivity contribution in [2.24, 2.45) is 0 Å². The fourth-order valence-electron chi connectivity index (χ4n) is 4.21.